The van der Waals surface area contributed by atoms with Crippen LogP contribution in [0.1, 0.15) is 18.4 Å². The number of nitrogens with one attached hydrogen (secondary N) is 2. The van der Waals surface area contributed by atoms with Crippen LogP contribution < -0.4 is 10.6 Å². The predicted molar refractivity (Wildman–Crippen MR) is 91.8 cm³/mol. The van der Waals surface area contributed by atoms with Gasteiger partial charge >= 0.3 is 6.18 Å². The molecule has 1 aliphatic rings. The third-order valence-corrected chi connectivity index (χ3v) is 4.08. The van der Waals surface area contributed by atoms with Gasteiger partial charge in [-0.25, -0.2) is 4.68 Å². The number of nitrogens with zero attached hydrogens (tertiary/aromatic N) is 2. The molecule has 0 aliphatic carbocycles. The minimum absolute atomic E-state index is 0.0758. The maximum atomic E-state index is 13.0. The van der Waals surface area contributed by atoms with E-state index in [1.54, 1.807) is 18.5 Å². The van der Waals surface area contributed by atoms with Crippen LogP contribution in [-0.4, -0.2) is 34.1 Å². The molecular weight excluding hydrogens is 353 g/mol. The summed E-state index contributed by atoms with van der Waals surface area (Å²) in [5, 5.41) is 10.1. The molecule has 1 atom stereocenters. The maximum absolute atomic E-state index is 13.0. The molecule has 5 nitrogen and oxygen atoms in total. The standard InChI is InChI=1S/C16H17F3N4OS/c17-16(18,19)11-4-5-14(23-7-2-6-21-23)13(9-11)22-15(25)20-10-12-3-1-8-24-12/h2,4-7,9,12H,1,3,8,10H2,(H2,20,22,25)/t12-/m0/s1. The van der Waals surface area contributed by atoms with Crippen molar-refractivity contribution in [2.45, 2.75) is 25.1 Å². The highest BCUT2D eigenvalue weighted by Gasteiger charge is 2.31. The Kier molecular flexibility index (Phi) is 5.24. The second-order valence-corrected chi connectivity index (χ2v) is 6.06. The van der Waals surface area contributed by atoms with Crippen LogP contribution in [-0.2, 0) is 10.9 Å². The molecule has 0 spiro atoms. The topological polar surface area (TPSA) is 51.1 Å². The summed E-state index contributed by atoms with van der Waals surface area (Å²) < 4.78 is 46.0. The number of ether oxygens (including phenoxy) is 1. The first-order valence-electron chi connectivity index (χ1n) is 7.81. The highest BCUT2D eigenvalue weighted by molar-refractivity contribution is 7.80. The molecule has 9 heteroatoms. The predicted octanol–water partition coefficient (Wildman–Crippen LogP) is 3.36. The van der Waals surface area contributed by atoms with Gasteiger partial charge in [-0.1, -0.05) is 0 Å². The van der Waals surface area contributed by atoms with Crippen molar-refractivity contribution in [1.82, 2.24) is 15.1 Å². The Morgan fingerprint density at radius 1 is 1.40 bits per heavy atom. The molecule has 0 radical (unpaired) electrons. The quantitative estimate of drug-likeness (QED) is 0.809. The molecule has 0 amide bonds. The third-order valence-electron chi connectivity index (χ3n) is 3.84. The van der Waals surface area contributed by atoms with Crippen molar-refractivity contribution >= 4 is 23.0 Å². The Labute approximate surface area is 148 Å². The summed E-state index contributed by atoms with van der Waals surface area (Å²) in [6, 6.07) is 5.10. The molecule has 1 aromatic carbocycles. The van der Waals surface area contributed by atoms with Crippen LogP contribution in [0, 0.1) is 0 Å². The lowest BCUT2D eigenvalue weighted by atomic mass is 10.1. The van der Waals surface area contributed by atoms with E-state index in [0.29, 0.717) is 12.2 Å². The zero-order valence-corrected chi connectivity index (χ0v) is 14.0. The van der Waals surface area contributed by atoms with Crippen molar-refractivity contribution in [3.63, 3.8) is 0 Å². The molecule has 2 heterocycles. The molecule has 1 saturated heterocycles. The molecule has 2 N–H and O–H groups in total. The summed E-state index contributed by atoms with van der Waals surface area (Å²) in [6.45, 7) is 1.24. The second-order valence-electron chi connectivity index (χ2n) is 5.65. The van der Waals surface area contributed by atoms with E-state index in [0.717, 1.165) is 31.6 Å². The van der Waals surface area contributed by atoms with Gasteiger partial charge in [-0.15, -0.1) is 0 Å². The Balaban J connectivity index is 1.78. The number of rotatable bonds is 4. The summed E-state index contributed by atoms with van der Waals surface area (Å²) in [7, 11) is 0. The average Bonchev–Trinajstić information content (AvgIpc) is 3.26. The lowest BCUT2D eigenvalue weighted by Crippen LogP contribution is -2.35. The SMILES string of the molecule is FC(F)(F)c1ccc(-n2cccn2)c(NC(=S)NC[C@@H]2CCCO2)c1. The van der Waals surface area contributed by atoms with E-state index in [1.807, 2.05) is 0 Å². The maximum Gasteiger partial charge on any atom is 0.416 e. The molecule has 3 rings (SSSR count). The molecule has 1 aromatic heterocycles. The molecule has 0 unspecified atom stereocenters. The summed E-state index contributed by atoms with van der Waals surface area (Å²) in [4.78, 5) is 0. The average molecular weight is 370 g/mol. The fourth-order valence-electron chi connectivity index (χ4n) is 2.60. The van der Waals surface area contributed by atoms with Crippen molar-refractivity contribution in [3.8, 4) is 5.69 Å². The smallest absolute Gasteiger partial charge is 0.376 e. The summed E-state index contributed by atoms with van der Waals surface area (Å²) in [5.74, 6) is 0. The Morgan fingerprint density at radius 3 is 2.88 bits per heavy atom. The lowest BCUT2D eigenvalue weighted by molar-refractivity contribution is -0.137. The molecular formula is C16H17F3N4OS. The van der Waals surface area contributed by atoms with Crippen molar-refractivity contribution < 1.29 is 17.9 Å². The van der Waals surface area contributed by atoms with Gasteiger partial charge in [0.1, 0.15) is 0 Å². The number of thiocarbonyl (C=S) groups is 1. The van der Waals surface area contributed by atoms with Crippen LogP contribution in [0.4, 0.5) is 18.9 Å². The van der Waals surface area contributed by atoms with Crippen LogP contribution in [0.25, 0.3) is 5.69 Å². The minimum Gasteiger partial charge on any atom is -0.376 e. The van der Waals surface area contributed by atoms with Crippen LogP contribution in [0.2, 0.25) is 0 Å². The van der Waals surface area contributed by atoms with Gasteiger partial charge in [0, 0.05) is 25.5 Å². The number of anilines is 1. The Morgan fingerprint density at radius 2 is 2.24 bits per heavy atom. The molecule has 25 heavy (non-hydrogen) atoms. The first-order valence-corrected chi connectivity index (χ1v) is 8.22. The number of benzene rings is 1. The number of hydrogen-bond donors (Lipinski definition) is 2. The zero-order chi connectivity index (χ0) is 17.9. The van der Waals surface area contributed by atoms with E-state index < -0.39 is 11.7 Å². The van der Waals surface area contributed by atoms with Gasteiger partial charge in [0.25, 0.3) is 0 Å². The van der Waals surface area contributed by atoms with Gasteiger partial charge in [-0.05, 0) is 49.3 Å². The molecule has 0 bridgehead atoms. The largest absolute Gasteiger partial charge is 0.416 e. The van der Waals surface area contributed by atoms with Crippen LogP contribution in [0.3, 0.4) is 0 Å². The van der Waals surface area contributed by atoms with Gasteiger partial charge in [-0.2, -0.15) is 18.3 Å². The summed E-state index contributed by atoms with van der Waals surface area (Å²) in [5.41, 5.74) is -0.0598. The first kappa shape index (κ1) is 17.7. The van der Waals surface area contributed by atoms with E-state index in [1.165, 1.54) is 10.7 Å². The molecule has 2 aromatic rings. The van der Waals surface area contributed by atoms with Gasteiger partial charge in [0.2, 0.25) is 0 Å². The summed E-state index contributed by atoms with van der Waals surface area (Å²) >= 11 is 5.21. The second kappa shape index (κ2) is 7.40. The van der Waals surface area contributed by atoms with Crippen molar-refractivity contribution in [2.24, 2.45) is 0 Å². The minimum atomic E-state index is -4.44. The summed E-state index contributed by atoms with van der Waals surface area (Å²) in [6.07, 6.45) is 0.783. The number of alkyl halides is 3. The number of aromatic nitrogens is 2. The van der Waals surface area contributed by atoms with E-state index >= 15 is 0 Å². The zero-order valence-electron chi connectivity index (χ0n) is 13.2. The highest BCUT2D eigenvalue weighted by Crippen LogP contribution is 2.33. The van der Waals surface area contributed by atoms with Crippen molar-refractivity contribution in [3.05, 3.63) is 42.2 Å². The fraction of sp³-hybridized carbons (Fsp3) is 0.375. The Bertz CT molecular complexity index is 727. The normalized spacial score (nSPS) is 17.5. The van der Waals surface area contributed by atoms with Gasteiger partial charge in [0.05, 0.1) is 23.0 Å². The molecule has 1 fully saturated rings. The highest BCUT2D eigenvalue weighted by atomic mass is 32.1. The Hall–Kier alpha value is -2.13. The van der Waals surface area contributed by atoms with E-state index in [2.05, 4.69) is 15.7 Å². The number of hydrogen-bond acceptors (Lipinski definition) is 3. The van der Waals surface area contributed by atoms with Crippen molar-refractivity contribution in [1.29, 1.82) is 0 Å². The van der Waals surface area contributed by atoms with E-state index in [4.69, 9.17) is 17.0 Å². The van der Waals surface area contributed by atoms with E-state index in [-0.39, 0.29) is 16.9 Å². The van der Waals surface area contributed by atoms with Crippen LogP contribution >= 0.6 is 12.2 Å². The monoisotopic (exact) mass is 370 g/mol. The number of halogens is 3. The first-order chi connectivity index (χ1) is 11.9. The van der Waals surface area contributed by atoms with Gasteiger partial charge < -0.3 is 15.4 Å². The lowest BCUT2D eigenvalue weighted by Gasteiger charge is -2.17. The van der Waals surface area contributed by atoms with Crippen LogP contribution in [0.15, 0.2) is 36.7 Å². The van der Waals surface area contributed by atoms with Crippen LogP contribution in [0.5, 0.6) is 0 Å². The third kappa shape index (κ3) is 4.49. The molecule has 134 valence electrons. The molecule has 0 saturated carbocycles. The van der Waals surface area contributed by atoms with Gasteiger partial charge in [0.15, 0.2) is 5.11 Å². The fourth-order valence-corrected chi connectivity index (χ4v) is 2.80. The van der Waals surface area contributed by atoms with Crippen molar-refractivity contribution in [2.75, 3.05) is 18.5 Å². The van der Waals surface area contributed by atoms with Gasteiger partial charge in [-0.3, -0.25) is 0 Å². The van der Waals surface area contributed by atoms with E-state index in [9.17, 15) is 13.2 Å². The molecule has 1 aliphatic heterocycles.